The van der Waals surface area contributed by atoms with Gasteiger partial charge in [0.05, 0.1) is 42.7 Å². The van der Waals surface area contributed by atoms with Gasteiger partial charge in [-0.25, -0.2) is 9.78 Å². The number of para-hydroxylation sites is 2. The summed E-state index contributed by atoms with van der Waals surface area (Å²) in [6.45, 7) is 3.66. The molecule has 0 aliphatic carbocycles. The maximum atomic E-state index is 12.6. The van der Waals surface area contributed by atoms with Gasteiger partial charge in [-0.05, 0) is 45.5 Å². The molecule has 0 bridgehead atoms. The Balaban J connectivity index is 1.09. The molecule has 1 fully saturated rings. The third kappa shape index (κ3) is 7.42. The fourth-order valence-electron chi connectivity index (χ4n) is 6.47. The van der Waals surface area contributed by atoms with Crippen LogP contribution in [0.25, 0.3) is 22.2 Å². The summed E-state index contributed by atoms with van der Waals surface area (Å²) in [5.74, 6) is 0.0425. The summed E-state index contributed by atoms with van der Waals surface area (Å²) in [6, 6.07) is 42.1. The van der Waals surface area contributed by atoms with E-state index in [1.807, 2.05) is 97.3 Å². The molecule has 3 N–H and O–H groups in total. The first kappa shape index (κ1) is 32.3. The monoisotopic (exact) mass is 652 g/mol. The van der Waals surface area contributed by atoms with Crippen molar-refractivity contribution in [2.75, 3.05) is 0 Å². The molecular formula is C41H40N4O4. The van der Waals surface area contributed by atoms with Crippen LogP contribution in [-0.2, 0) is 35.7 Å². The molecular weight excluding hydrogens is 612 g/mol. The number of fused-ring (bicyclic) bond motifs is 1. The Morgan fingerprint density at radius 2 is 1.45 bits per heavy atom. The fraction of sp³-hybridized carbons (Fsp3) is 0.220. The third-order valence-corrected chi connectivity index (χ3v) is 9.27. The van der Waals surface area contributed by atoms with Crippen LogP contribution in [0.1, 0.15) is 47.1 Å². The van der Waals surface area contributed by atoms with Crippen molar-refractivity contribution < 1.29 is 19.4 Å². The molecule has 2 amide bonds. The Bertz CT molecular complexity index is 1990. The van der Waals surface area contributed by atoms with Crippen LogP contribution in [-0.4, -0.2) is 26.8 Å². The van der Waals surface area contributed by atoms with Crippen LogP contribution in [0.4, 0.5) is 4.79 Å². The minimum absolute atomic E-state index is 0.00355. The van der Waals surface area contributed by atoms with Gasteiger partial charge in [0.2, 0.25) is 0 Å². The summed E-state index contributed by atoms with van der Waals surface area (Å²) in [7, 11) is 0. The summed E-state index contributed by atoms with van der Waals surface area (Å²) in [5.41, 5.74) is 8.99. The van der Waals surface area contributed by atoms with E-state index in [9.17, 15) is 9.90 Å². The number of benzene rings is 5. The molecule has 0 spiro atoms. The van der Waals surface area contributed by atoms with E-state index in [4.69, 9.17) is 9.47 Å². The molecule has 0 unspecified atom stereocenters. The second-order valence-electron chi connectivity index (χ2n) is 12.5. The molecule has 6 aromatic rings. The molecule has 5 aromatic carbocycles. The predicted octanol–water partition coefficient (Wildman–Crippen LogP) is 7.69. The van der Waals surface area contributed by atoms with E-state index < -0.39 is 6.29 Å². The molecule has 248 valence electrons. The van der Waals surface area contributed by atoms with Gasteiger partial charge in [0.1, 0.15) is 0 Å². The lowest BCUT2D eigenvalue weighted by Crippen LogP contribution is -2.39. The Kier molecular flexibility index (Phi) is 9.79. The highest BCUT2D eigenvalue weighted by Crippen LogP contribution is 2.42. The smallest absolute Gasteiger partial charge is 0.315 e. The van der Waals surface area contributed by atoms with Crippen molar-refractivity contribution in [3.63, 3.8) is 0 Å². The van der Waals surface area contributed by atoms with E-state index in [0.29, 0.717) is 19.6 Å². The Morgan fingerprint density at radius 1 is 0.755 bits per heavy atom. The largest absolute Gasteiger partial charge is 0.392 e. The number of carbonyl (C=O) groups excluding carboxylic acids is 1. The van der Waals surface area contributed by atoms with E-state index in [1.165, 1.54) is 0 Å². The molecule has 1 saturated heterocycles. The molecule has 49 heavy (non-hydrogen) atoms. The van der Waals surface area contributed by atoms with Crippen LogP contribution in [0.3, 0.4) is 0 Å². The summed E-state index contributed by atoms with van der Waals surface area (Å²) < 4.78 is 15.6. The number of ether oxygens (including phenoxy) is 2. The maximum absolute atomic E-state index is 12.6. The summed E-state index contributed by atoms with van der Waals surface area (Å²) >= 11 is 0. The van der Waals surface area contributed by atoms with Gasteiger partial charge in [-0.15, -0.1) is 0 Å². The highest BCUT2D eigenvalue weighted by molar-refractivity contribution is 5.75. The molecule has 1 aliphatic heterocycles. The van der Waals surface area contributed by atoms with Gasteiger partial charge in [-0.1, -0.05) is 122 Å². The van der Waals surface area contributed by atoms with E-state index in [-0.39, 0.29) is 30.8 Å². The average molecular weight is 653 g/mol. The van der Waals surface area contributed by atoms with Crippen LogP contribution in [0.15, 0.2) is 134 Å². The van der Waals surface area contributed by atoms with Gasteiger partial charge in [-0.2, -0.15) is 0 Å². The van der Waals surface area contributed by atoms with Crippen LogP contribution in [0.2, 0.25) is 0 Å². The Labute approximate surface area is 286 Å². The number of imidazole rings is 1. The zero-order valence-electron chi connectivity index (χ0n) is 27.4. The van der Waals surface area contributed by atoms with Crippen molar-refractivity contribution in [2.24, 2.45) is 5.92 Å². The topological polar surface area (TPSA) is 97.6 Å². The first-order valence-corrected chi connectivity index (χ1v) is 16.7. The fourth-order valence-corrected chi connectivity index (χ4v) is 6.47. The van der Waals surface area contributed by atoms with Gasteiger partial charge in [0.15, 0.2) is 6.29 Å². The van der Waals surface area contributed by atoms with E-state index in [1.54, 1.807) is 0 Å². The lowest BCUT2D eigenvalue weighted by molar-refractivity contribution is -0.276. The van der Waals surface area contributed by atoms with Crippen molar-refractivity contribution >= 4 is 17.1 Å². The Hall–Kier alpha value is -5.28. The van der Waals surface area contributed by atoms with Crippen LogP contribution >= 0.6 is 0 Å². The molecule has 4 atom stereocenters. The average Bonchev–Trinajstić information content (AvgIpc) is 3.57. The molecule has 0 radical (unpaired) electrons. The van der Waals surface area contributed by atoms with Crippen molar-refractivity contribution in [3.8, 4) is 11.1 Å². The van der Waals surface area contributed by atoms with E-state index in [2.05, 4.69) is 63.5 Å². The number of hydrogen-bond acceptors (Lipinski definition) is 5. The number of nitrogens with zero attached hydrogens (tertiary/aromatic N) is 2. The molecule has 2 heterocycles. The summed E-state index contributed by atoms with van der Waals surface area (Å²) in [6.07, 6.45) is 0.923. The van der Waals surface area contributed by atoms with E-state index in [0.717, 1.165) is 50.0 Å². The second-order valence-corrected chi connectivity index (χ2v) is 12.5. The van der Waals surface area contributed by atoms with Gasteiger partial charge >= 0.3 is 6.03 Å². The summed E-state index contributed by atoms with van der Waals surface area (Å²) in [4.78, 5) is 17.2. The quantitative estimate of drug-likeness (QED) is 0.141. The number of aromatic nitrogens is 2. The molecule has 1 aromatic heterocycles. The van der Waals surface area contributed by atoms with Gasteiger partial charge in [0.25, 0.3) is 0 Å². The number of aliphatic hydroxyl groups excluding tert-OH is 1. The lowest BCUT2D eigenvalue weighted by Gasteiger charge is -2.41. The highest BCUT2D eigenvalue weighted by atomic mass is 16.7. The molecule has 0 saturated carbocycles. The molecule has 8 nitrogen and oxygen atoms in total. The molecule has 7 rings (SSSR count). The van der Waals surface area contributed by atoms with Crippen molar-refractivity contribution in [3.05, 3.63) is 162 Å². The van der Waals surface area contributed by atoms with Crippen LogP contribution in [0, 0.1) is 5.92 Å². The molecule has 8 heteroatoms. The third-order valence-electron chi connectivity index (χ3n) is 9.27. The van der Waals surface area contributed by atoms with E-state index >= 15 is 0 Å². The highest BCUT2D eigenvalue weighted by Gasteiger charge is 2.38. The minimum atomic E-state index is -0.585. The standard InChI is InChI=1S/C41H40N4O4/c1-28-38(25-45-27-44-36-13-7-8-14-37(36)45)48-40(49-39(28)32-17-15-30(26-46)16-18-32)33-21-19-31(20-22-33)35-12-6-5-11-34(35)24-43-41(47)42-23-29-9-3-2-4-10-29/h2-22,27-28,38-40,46H,23-26H2,1H3,(H2,42,43,47)/t28-,38+,39+,40+/m0/s1. The molecule has 1 aliphatic rings. The van der Waals surface area contributed by atoms with Crippen LogP contribution < -0.4 is 10.6 Å². The van der Waals surface area contributed by atoms with Gasteiger partial charge in [0, 0.05) is 24.6 Å². The number of carbonyl (C=O) groups is 1. The first-order valence-electron chi connectivity index (χ1n) is 16.7. The number of rotatable bonds is 10. The van der Waals surface area contributed by atoms with Gasteiger partial charge < -0.3 is 29.8 Å². The SMILES string of the molecule is C[C@H]1[C@@H](Cn2cnc3ccccc32)O[C@@H](c2ccc(-c3ccccc3CNC(=O)NCc3ccccc3)cc2)O[C@H]1c1ccc(CO)cc1. The number of amides is 2. The zero-order chi connectivity index (χ0) is 33.6. The normalized spacial score (nSPS) is 19.1. The van der Waals surface area contributed by atoms with Crippen LogP contribution in [0.5, 0.6) is 0 Å². The van der Waals surface area contributed by atoms with Crippen molar-refractivity contribution in [1.82, 2.24) is 20.2 Å². The minimum Gasteiger partial charge on any atom is -0.392 e. The maximum Gasteiger partial charge on any atom is 0.315 e. The van der Waals surface area contributed by atoms with Gasteiger partial charge in [-0.3, -0.25) is 0 Å². The number of aliphatic hydroxyl groups is 1. The lowest BCUT2D eigenvalue weighted by atomic mass is 9.90. The van der Waals surface area contributed by atoms with Crippen molar-refractivity contribution in [2.45, 2.75) is 51.7 Å². The first-order chi connectivity index (χ1) is 24.1. The van der Waals surface area contributed by atoms with Crippen molar-refractivity contribution in [1.29, 1.82) is 0 Å². The Morgan fingerprint density at radius 3 is 2.24 bits per heavy atom. The number of hydrogen-bond donors (Lipinski definition) is 3. The zero-order valence-corrected chi connectivity index (χ0v) is 27.4. The predicted molar refractivity (Wildman–Crippen MR) is 190 cm³/mol. The summed E-state index contributed by atoms with van der Waals surface area (Å²) in [5, 5.41) is 15.5. The second kappa shape index (κ2) is 14.9. The number of nitrogens with one attached hydrogen (secondary N) is 2. The number of urea groups is 1.